The summed E-state index contributed by atoms with van der Waals surface area (Å²) in [4.78, 5) is 1.10. The molecular weight excluding hydrogens is 187 g/mol. The van der Waals surface area contributed by atoms with Gasteiger partial charge in [0.1, 0.15) is 17.2 Å². The summed E-state index contributed by atoms with van der Waals surface area (Å²) < 4.78 is 13.0. The van der Waals surface area contributed by atoms with Crippen LogP contribution in [0.25, 0.3) is 0 Å². The zero-order valence-electron chi connectivity index (χ0n) is 7.01. The first-order valence-corrected chi connectivity index (χ1v) is 4.98. The molecule has 0 saturated heterocycles. The van der Waals surface area contributed by atoms with Crippen molar-refractivity contribution in [3.8, 4) is 6.07 Å². The molecule has 0 amide bonds. The Balaban J connectivity index is 2.50. The predicted molar refractivity (Wildman–Crippen MR) is 50.4 cm³/mol. The fraction of sp³-hybridized carbons (Fsp3) is 0.444. The number of rotatable bonds is 0. The molecule has 1 aromatic heterocycles. The quantitative estimate of drug-likeness (QED) is 0.690. The molecule has 0 bridgehead atoms. The van der Waals surface area contributed by atoms with E-state index in [-0.39, 0.29) is 0 Å². The van der Waals surface area contributed by atoms with E-state index in [2.05, 4.69) is 0 Å². The van der Waals surface area contributed by atoms with E-state index in [1.165, 1.54) is 11.3 Å². The topological polar surface area (TPSA) is 49.8 Å². The number of alkyl halides is 1. The van der Waals surface area contributed by atoms with Gasteiger partial charge in [-0.3, -0.25) is 0 Å². The first-order chi connectivity index (χ1) is 6.22. The molecule has 0 radical (unpaired) electrons. The third-order valence-electron chi connectivity index (χ3n) is 2.34. The molecule has 0 saturated carbocycles. The fourth-order valence-electron chi connectivity index (χ4n) is 1.69. The number of fused-ring (bicyclic) bond motifs is 1. The number of aryl methyl sites for hydroxylation is 1. The molecule has 13 heavy (non-hydrogen) atoms. The maximum atomic E-state index is 13.0. The molecule has 1 unspecified atom stereocenters. The summed E-state index contributed by atoms with van der Waals surface area (Å²) in [6.07, 6.45) is 0.866. The summed E-state index contributed by atoms with van der Waals surface area (Å²) >= 11 is 1.43. The number of nitrogens with two attached hydrogens (primary N) is 1. The monoisotopic (exact) mass is 196 g/mol. The average Bonchev–Trinajstić information content (AvgIpc) is 2.40. The van der Waals surface area contributed by atoms with Crippen LogP contribution in [0.3, 0.4) is 0 Å². The highest BCUT2D eigenvalue weighted by Gasteiger charge is 2.24. The Morgan fingerprint density at radius 3 is 3.08 bits per heavy atom. The third kappa shape index (κ3) is 1.29. The second kappa shape index (κ2) is 3.00. The number of halogens is 1. The van der Waals surface area contributed by atoms with Gasteiger partial charge in [0, 0.05) is 11.3 Å². The van der Waals surface area contributed by atoms with Gasteiger partial charge in [-0.2, -0.15) is 5.26 Å². The molecule has 0 aromatic carbocycles. The van der Waals surface area contributed by atoms with E-state index in [4.69, 9.17) is 11.0 Å². The Kier molecular flexibility index (Phi) is 1.97. The SMILES string of the molecule is N#Cc1c(N)sc2c1CC(F)CC2. The van der Waals surface area contributed by atoms with Gasteiger partial charge in [0.25, 0.3) is 0 Å². The average molecular weight is 196 g/mol. The molecule has 0 aliphatic heterocycles. The van der Waals surface area contributed by atoms with Crippen molar-refractivity contribution in [1.29, 1.82) is 5.26 Å². The van der Waals surface area contributed by atoms with E-state index in [0.717, 1.165) is 16.9 Å². The molecule has 2 rings (SSSR count). The van der Waals surface area contributed by atoms with Gasteiger partial charge < -0.3 is 5.73 Å². The second-order valence-electron chi connectivity index (χ2n) is 3.19. The minimum atomic E-state index is -0.798. The molecule has 68 valence electrons. The van der Waals surface area contributed by atoms with Gasteiger partial charge in [0.2, 0.25) is 0 Å². The number of thiophene rings is 1. The van der Waals surface area contributed by atoms with Crippen LogP contribution in [0.4, 0.5) is 9.39 Å². The number of nitrogens with zero attached hydrogens (tertiary/aromatic N) is 1. The lowest BCUT2D eigenvalue weighted by Gasteiger charge is -2.14. The van der Waals surface area contributed by atoms with Crippen molar-refractivity contribution in [2.45, 2.75) is 25.4 Å². The Labute approximate surface area is 79.8 Å². The fourth-order valence-corrected chi connectivity index (χ4v) is 2.75. The number of nitrogen functional groups attached to an aromatic ring is 1. The summed E-state index contributed by atoms with van der Waals surface area (Å²) in [6.45, 7) is 0. The zero-order chi connectivity index (χ0) is 9.42. The number of hydrogen-bond donors (Lipinski definition) is 1. The van der Waals surface area contributed by atoms with Crippen LogP contribution in [-0.4, -0.2) is 6.17 Å². The van der Waals surface area contributed by atoms with Crippen LogP contribution < -0.4 is 5.73 Å². The maximum absolute atomic E-state index is 13.0. The lowest BCUT2D eigenvalue weighted by molar-refractivity contribution is 0.303. The highest BCUT2D eigenvalue weighted by atomic mass is 32.1. The van der Waals surface area contributed by atoms with Crippen molar-refractivity contribution in [2.75, 3.05) is 5.73 Å². The van der Waals surface area contributed by atoms with E-state index in [1.807, 2.05) is 6.07 Å². The van der Waals surface area contributed by atoms with Crippen LogP contribution in [0, 0.1) is 11.3 Å². The summed E-state index contributed by atoms with van der Waals surface area (Å²) in [5.41, 5.74) is 7.00. The molecular formula is C9H9FN2S. The van der Waals surface area contributed by atoms with Gasteiger partial charge in [0.05, 0.1) is 5.56 Å². The van der Waals surface area contributed by atoms with E-state index < -0.39 is 6.17 Å². The van der Waals surface area contributed by atoms with Crippen molar-refractivity contribution >= 4 is 16.3 Å². The van der Waals surface area contributed by atoms with Crippen LogP contribution in [-0.2, 0) is 12.8 Å². The van der Waals surface area contributed by atoms with Crippen molar-refractivity contribution < 1.29 is 4.39 Å². The minimum Gasteiger partial charge on any atom is -0.389 e. The van der Waals surface area contributed by atoms with Crippen molar-refractivity contribution in [3.05, 3.63) is 16.0 Å². The highest BCUT2D eigenvalue weighted by Crippen LogP contribution is 2.36. The molecule has 1 aliphatic carbocycles. The molecule has 2 nitrogen and oxygen atoms in total. The predicted octanol–water partition coefficient (Wildman–Crippen LogP) is 2.03. The number of hydrogen-bond acceptors (Lipinski definition) is 3. The molecule has 1 heterocycles. The first kappa shape index (κ1) is 8.52. The number of nitriles is 1. The van der Waals surface area contributed by atoms with E-state index >= 15 is 0 Å². The minimum absolute atomic E-state index is 0.367. The molecule has 4 heteroatoms. The normalized spacial score (nSPS) is 20.8. The molecule has 1 atom stereocenters. The Bertz CT molecular complexity index is 378. The van der Waals surface area contributed by atoms with Crippen LogP contribution >= 0.6 is 11.3 Å². The van der Waals surface area contributed by atoms with Crippen molar-refractivity contribution in [3.63, 3.8) is 0 Å². The molecule has 0 fully saturated rings. The molecule has 1 aliphatic rings. The van der Waals surface area contributed by atoms with Gasteiger partial charge in [0.15, 0.2) is 0 Å². The Morgan fingerprint density at radius 2 is 2.38 bits per heavy atom. The van der Waals surface area contributed by atoms with Crippen molar-refractivity contribution in [1.82, 2.24) is 0 Å². The van der Waals surface area contributed by atoms with Crippen LogP contribution in [0.2, 0.25) is 0 Å². The van der Waals surface area contributed by atoms with Gasteiger partial charge in [-0.05, 0) is 18.4 Å². The zero-order valence-corrected chi connectivity index (χ0v) is 7.83. The van der Waals surface area contributed by atoms with Crippen LogP contribution in [0.1, 0.15) is 22.4 Å². The first-order valence-electron chi connectivity index (χ1n) is 4.16. The summed E-state index contributed by atoms with van der Waals surface area (Å²) in [6, 6.07) is 2.04. The van der Waals surface area contributed by atoms with Gasteiger partial charge in [-0.25, -0.2) is 4.39 Å². The number of anilines is 1. The molecule has 2 N–H and O–H groups in total. The van der Waals surface area contributed by atoms with Gasteiger partial charge in [-0.1, -0.05) is 0 Å². The molecule has 1 aromatic rings. The van der Waals surface area contributed by atoms with Crippen LogP contribution in [0.15, 0.2) is 0 Å². The van der Waals surface area contributed by atoms with E-state index in [0.29, 0.717) is 23.4 Å². The molecule has 0 spiro atoms. The second-order valence-corrected chi connectivity index (χ2v) is 4.33. The maximum Gasteiger partial charge on any atom is 0.105 e. The third-order valence-corrected chi connectivity index (χ3v) is 3.46. The smallest absolute Gasteiger partial charge is 0.105 e. The van der Waals surface area contributed by atoms with Gasteiger partial charge in [-0.15, -0.1) is 11.3 Å². The standard InChI is InChI=1S/C9H9FN2S/c10-5-1-2-8-6(3-5)7(4-11)9(12)13-8/h5H,1-3,12H2. The van der Waals surface area contributed by atoms with E-state index in [1.54, 1.807) is 0 Å². The lowest BCUT2D eigenvalue weighted by atomic mass is 9.94. The Morgan fingerprint density at radius 1 is 1.62 bits per heavy atom. The van der Waals surface area contributed by atoms with E-state index in [9.17, 15) is 4.39 Å². The summed E-state index contributed by atoms with van der Waals surface area (Å²) in [5.74, 6) is 0. The summed E-state index contributed by atoms with van der Waals surface area (Å²) in [5, 5.41) is 9.35. The summed E-state index contributed by atoms with van der Waals surface area (Å²) in [7, 11) is 0. The Hall–Kier alpha value is -1.08. The van der Waals surface area contributed by atoms with Gasteiger partial charge >= 0.3 is 0 Å². The van der Waals surface area contributed by atoms with Crippen LogP contribution in [0.5, 0.6) is 0 Å². The largest absolute Gasteiger partial charge is 0.389 e. The van der Waals surface area contributed by atoms with Crippen molar-refractivity contribution in [2.24, 2.45) is 0 Å². The highest BCUT2D eigenvalue weighted by molar-refractivity contribution is 7.16. The lowest BCUT2D eigenvalue weighted by Crippen LogP contribution is -2.13.